The minimum Gasteiger partial charge on any atom is -0.496 e. The molecule has 1 aromatic carbocycles. The van der Waals surface area contributed by atoms with Gasteiger partial charge in [0.1, 0.15) is 17.7 Å². The number of pyridine rings is 1. The maximum atomic E-state index is 13.2. The molecule has 1 saturated carbocycles. The molecule has 0 unspecified atom stereocenters. The minimum atomic E-state index is -0.343. The Balaban J connectivity index is 1.44. The normalized spacial score (nSPS) is 15.8. The molecule has 196 valence electrons. The van der Waals surface area contributed by atoms with E-state index < -0.39 is 0 Å². The van der Waals surface area contributed by atoms with Crippen molar-refractivity contribution in [1.82, 2.24) is 9.88 Å². The Labute approximate surface area is 218 Å². The van der Waals surface area contributed by atoms with Crippen LogP contribution in [0, 0.1) is 0 Å². The van der Waals surface area contributed by atoms with Gasteiger partial charge in [-0.1, -0.05) is 19.4 Å². The quantitative estimate of drug-likeness (QED) is 0.280. The van der Waals surface area contributed by atoms with Gasteiger partial charge in [0, 0.05) is 19.3 Å². The van der Waals surface area contributed by atoms with E-state index in [1.54, 1.807) is 48.7 Å². The van der Waals surface area contributed by atoms with E-state index in [1.807, 2.05) is 6.07 Å². The zero-order chi connectivity index (χ0) is 26.0. The minimum absolute atomic E-state index is 0.0206. The fourth-order valence-corrected chi connectivity index (χ4v) is 4.58. The van der Waals surface area contributed by atoms with Crippen molar-refractivity contribution >= 4 is 30.2 Å². The van der Waals surface area contributed by atoms with E-state index in [4.69, 9.17) is 9.47 Å². The van der Waals surface area contributed by atoms with Crippen molar-refractivity contribution in [2.45, 2.75) is 70.9 Å². The second-order valence-electron chi connectivity index (χ2n) is 9.37. The molecule has 2 amide bonds. The topological polar surface area (TPSA) is 105 Å². The summed E-state index contributed by atoms with van der Waals surface area (Å²) in [5.41, 5.74) is 2.94. The van der Waals surface area contributed by atoms with E-state index in [0.29, 0.717) is 42.3 Å². The van der Waals surface area contributed by atoms with Crippen LogP contribution in [-0.2, 0) is 17.7 Å². The first-order valence-corrected chi connectivity index (χ1v) is 13.1. The number of anilines is 1. The molecule has 0 saturated heterocycles. The van der Waals surface area contributed by atoms with Gasteiger partial charge in [-0.2, -0.15) is 10.2 Å². The number of nitrogens with one attached hydrogen (secondary N) is 1. The van der Waals surface area contributed by atoms with E-state index in [-0.39, 0.29) is 18.1 Å². The van der Waals surface area contributed by atoms with Crippen molar-refractivity contribution in [1.29, 1.82) is 0 Å². The lowest BCUT2D eigenvalue weighted by Crippen LogP contribution is -2.38. The summed E-state index contributed by atoms with van der Waals surface area (Å²) in [4.78, 5) is 32.0. The number of nitrogens with zero attached hydrogens (tertiary/aromatic N) is 4. The monoisotopic (exact) mass is 505 g/mol. The van der Waals surface area contributed by atoms with E-state index in [1.165, 1.54) is 0 Å². The lowest BCUT2D eigenvalue weighted by atomic mass is 9.96. The second kappa shape index (κ2) is 13.0. The largest absolute Gasteiger partial charge is 0.496 e. The number of hydrogen-bond acceptors (Lipinski definition) is 7. The zero-order valence-corrected chi connectivity index (χ0v) is 21.6. The summed E-state index contributed by atoms with van der Waals surface area (Å²) in [7, 11) is 1.54. The Hall–Kier alpha value is -3.75. The summed E-state index contributed by atoms with van der Waals surface area (Å²) >= 11 is 0. The van der Waals surface area contributed by atoms with Crippen LogP contribution in [0.15, 0.2) is 40.5 Å². The average Bonchev–Trinajstić information content (AvgIpc) is 3.42. The van der Waals surface area contributed by atoms with Crippen molar-refractivity contribution < 1.29 is 19.1 Å². The van der Waals surface area contributed by atoms with Crippen molar-refractivity contribution in [3.05, 3.63) is 52.7 Å². The molecule has 1 N–H and O–H groups in total. The van der Waals surface area contributed by atoms with Crippen LogP contribution in [0.5, 0.6) is 5.75 Å². The Morgan fingerprint density at radius 3 is 2.81 bits per heavy atom. The van der Waals surface area contributed by atoms with Crippen LogP contribution in [0.4, 0.5) is 10.6 Å². The summed E-state index contributed by atoms with van der Waals surface area (Å²) < 4.78 is 11.2. The summed E-state index contributed by atoms with van der Waals surface area (Å²) in [6.45, 7) is 3.10. The number of carbonyl (C=O) groups is 2. The molecule has 9 heteroatoms. The van der Waals surface area contributed by atoms with Gasteiger partial charge in [0.05, 0.1) is 24.6 Å². The lowest BCUT2D eigenvalue weighted by molar-refractivity contribution is 0.0618. The molecule has 2 aromatic rings. The molecule has 37 heavy (non-hydrogen) atoms. The number of ether oxygens (including phenoxy) is 2. The molecule has 2 heterocycles. The first kappa shape index (κ1) is 26.3. The SMILES string of the molecule is CCCC/C=N/N=C/c1cccc(NC(=O)c2cc3c(cc2OC)CCN(C(=O)OC2CCCC2)C3)n1. The van der Waals surface area contributed by atoms with E-state index in [2.05, 4.69) is 27.4 Å². The van der Waals surface area contributed by atoms with Gasteiger partial charge in [-0.3, -0.25) is 4.79 Å². The van der Waals surface area contributed by atoms with Crippen molar-refractivity contribution in [2.24, 2.45) is 10.2 Å². The highest BCUT2D eigenvalue weighted by atomic mass is 16.6. The smallest absolute Gasteiger partial charge is 0.410 e. The van der Waals surface area contributed by atoms with Crippen molar-refractivity contribution in [3.63, 3.8) is 0 Å². The third-order valence-corrected chi connectivity index (χ3v) is 6.64. The predicted molar refractivity (Wildman–Crippen MR) is 144 cm³/mol. The molecule has 0 radical (unpaired) electrons. The molecule has 1 aliphatic carbocycles. The molecule has 0 spiro atoms. The Morgan fingerprint density at radius 2 is 2.03 bits per heavy atom. The number of amides is 2. The maximum absolute atomic E-state index is 13.2. The maximum Gasteiger partial charge on any atom is 0.410 e. The fraction of sp³-hybridized carbons (Fsp3) is 0.464. The first-order chi connectivity index (χ1) is 18.1. The predicted octanol–water partition coefficient (Wildman–Crippen LogP) is 5.37. The molecule has 0 atom stereocenters. The van der Waals surface area contributed by atoms with Crippen LogP contribution in [-0.4, -0.2) is 54.1 Å². The second-order valence-corrected chi connectivity index (χ2v) is 9.37. The standard InChI is InChI=1S/C28H35N5O4/c1-3-4-7-14-29-30-18-22-9-8-12-26(31-22)32-27(34)24-16-21-19-33(15-13-20(21)17-25(24)36-2)28(35)37-23-10-5-6-11-23/h8-9,12,14,16-18,23H,3-7,10-11,13,15,19H2,1-2H3,(H,31,32,34)/b29-14+,30-18+. The highest BCUT2D eigenvalue weighted by Crippen LogP contribution is 2.30. The zero-order valence-electron chi connectivity index (χ0n) is 21.6. The summed E-state index contributed by atoms with van der Waals surface area (Å²) in [6.07, 6.45) is 10.9. The first-order valence-electron chi connectivity index (χ1n) is 13.1. The van der Waals surface area contributed by atoms with Gasteiger partial charge >= 0.3 is 6.09 Å². The molecular formula is C28H35N5O4. The summed E-state index contributed by atoms with van der Waals surface area (Å²) in [6, 6.07) is 8.99. The molecule has 1 aliphatic heterocycles. The number of fused-ring (bicyclic) bond motifs is 1. The highest BCUT2D eigenvalue weighted by Gasteiger charge is 2.27. The van der Waals surface area contributed by atoms with Gasteiger partial charge in [0.15, 0.2) is 0 Å². The molecule has 1 aromatic heterocycles. The van der Waals surface area contributed by atoms with E-state index in [0.717, 1.165) is 56.1 Å². The molecule has 2 aliphatic rings. The number of benzene rings is 1. The lowest BCUT2D eigenvalue weighted by Gasteiger charge is -2.30. The van der Waals surface area contributed by atoms with Crippen LogP contribution in [0.3, 0.4) is 0 Å². The molecular weight excluding hydrogens is 470 g/mol. The number of unbranched alkanes of at least 4 members (excludes halogenated alkanes) is 2. The third-order valence-electron chi connectivity index (χ3n) is 6.64. The van der Waals surface area contributed by atoms with Crippen LogP contribution in [0.25, 0.3) is 0 Å². The highest BCUT2D eigenvalue weighted by molar-refractivity contribution is 6.06. The van der Waals surface area contributed by atoms with Gasteiger partial charge < -0.3 is 19.7 Å². The summed E-state index contributed by atoms with van der Waals surface area (Å²) in [5.74, 6) is 0.535. The van der Waals surface area contributed by atoms with Crippen LogP contribution in [0.2, 0.25) is 0 Å². The van der Waals surface area contributed by atoms with Crippen molar-refractivity contribution in [2.75, 3.05) is 19.0 Å². The summed E-state index contributed by atoms with van der Waals surface area (Å²) in [5, 5.41) is 10.9. The molecule has 4 rings (SSSR count). The van der Waals surface area contributed by atoms with Gasteiger partial charge in [0.25, 0.3) is 5.91 Å². The van der Waals surface area contributed by atoms with Gasteiger partial charge in [0.2, 0.25) is 0 Å². The van der Waals surface area contributed by atoms with Gasteiger partial charge in [-0.05, 0) is 80.3 Å². The van der Waals surface area contributed by atoms with Gasteiger partial charge in [-0.25, -0.2) is 9.78 Å². The third kappa shape index (κ3) is 7.15. The Bertz CT molecular complexity index is 1160. The number of rotatable bonds is 9. The van der Waals surface area contributed by atoms with Crippen molar-refractivity contribution in [3.8, 4) is 5.75 Å². The van der Waals surface area contributed by atoms with E-state index >= 15 is 0 Å². The fourth-order valence-electron chi connectivity index (χ4n) is 4.58. The average molecular weight is 506 g/mol. The molecule has 1 fully saturated rings. The Morgan fingerprint density at radius 1 is 1.19 bits per heavy atom. The van der Waals surface area contributed by atoms with Crippen LogP contribution >= 0.6 is 0 Å². The van der Waals surface area contributed by atoms with Crippen LogP contribution in [0.1, 0.15) is 79.0 Å². The Kier molecular flexibility index (Phi) is 9.24. The number of aromatic nitrogens is 1. The molecule has 0 bridgehead atoms. The van der Waals surface area contributed by atoms with Gasteiger partial charge in [-0.15, -0.1) is 0 Å². The number of carbonyl (C=O) groups excluding carboxylic acids is 2. The van der Waals surface area contributed by atoms with E-state index in [9.17, 15) is 9.59 Å². The van der Waals surface area contributed by atoms with Crippen LogP contribution < -0.4 is 10.1 Å². The number of hydrogen-bond donors (Lipinski definition) is 1. The number of methoxy groups -OCH3 is 1. The molecule has 9 nitrogen and oxygen atoms in total.